The lowest BCUT2D eigenvalue weighted by Gasteiger charge is -2.07. The summed E-state index contributed by atoms with van der Waals surface area (Å²) in [7, 11) is 0. The lowest BCUT2D eigenvalue weighted by Crippen LogP contribution is -2.01. The highest BCUT2D eigenvalue weighted by molar-refractivity contribution is 5.83. The molecule has 0 aliphatic heterocycles. The van der Waals surface area contributed by atoms with Crippen molar-refractivity contribution >= 4 is 28.2 Å². The minimum Gasteiger partial charge on any atom is -0.337 e. The summed E-state index contributed by atoms with van der Waals surface area (Å²) in [6.07, 6.45) is 3.42. The summed E-state index contributed by atoms with van der Waals surface area (Å²) in [5.41, 5.74) is 3.16. The maximum absolute atomic E-state index is 4.58. The van der Waals surface area contributed by atoms with Gasteiger partial charge in [0, 0.05) is 18.1 Å². The fourth-order valence-corrected chi connectivity index (χ4v) is 2.06. The van der Waals surface area contributed by atoms with Crippen LogP contribution in [-0.4, -0.2) is 30.0 Å². The van der Waals surface area contributed by atoms with Crippen molar-refractivity contribution in [3.05, 3.63) is 48.8 Å². The van der Waals surface area contributed by atoms with E-state index in [1.54, 1.807) is 16.9 Å². The first kappa shape index (κ1) is 10.8. The molecule has 1 aromatic carbocycles. The average molecular weight is 263 g/mol. The molecule has 1 N–H and O–H groups in total. The largest absolute Gasteiger partial charge is 0.337 e. The highest BCUT2D eigenvalue weighted by Gasteiger charge is 2.11. The Kier molecular flexibility index (Phi) is 2.28. The van der Waals surface area contributed by atoms with E-state index >= 15 is 0 Å². The van der Waals surface area contributed by atoms with Gasteiger partial charge < -0.3 is 5.32 Å². The van der Waals surface area contributed by atoms with Crippen molar-refractivity contribution in [1.29, 1.82) is 0 Å². The Balaban J connectivity index is 1.95. The van der Waals surface area contributed by atoms with E-state index in [2.05, 4.69) is 30.8 Å². The van der Waals surface area contributed by atoms with Gasteiger partial charge in [0.15, 0.2) is 5.82 Å². The maximum atomic E-state index is 4.58. The first-order valence-corrected chi connectivity index (χ1v) is 6.06. The summed E-state index contributed by atoms with van der Waals surface area (Å²) < 4.78 is 1.67. The van der Waals surface area contributed by atoms with Crippen molar-refractivity contribution in [3.63, 3.8) is 0 Å². The zero-order chi connectivity index (χ0) is 13.4. The van der Waals surface area contributed by atoms with Crippen molar-refractivity contribution in [2.75, 3.05) is 5.32 Å². The first-order chi connectivity index (χ1) is 9.92. The summed E-state index contributed by atoms with van der Waals surface area (Å²) in [4.78, 5) is 8.56. The van der Waals surface area contributed by atoms with E-state index in [1.807, 2.05) is 36.4 Å². The van der Waals surface area contributed by atoms with Crippen LogP contribution >= 0.6 is 0 Å². The van der Waals surface area contributed by atoms with Crippen molar-refractivity contribution in [2.24, 2.45) is 0 Å². The minimum atomic E-state index is 0.584. The number of nitrogens with one attached hydrogen (secondary N) is 1. The molecule has 3 heterocycles. The molecular formula is C13H9N7. The second kappa shape index (κ2) is 4.23. The predicted molar refractivity (Wildman–Crippen MR) is 73.6 cm³/mol. The molecule has 0 atom stereocenters. The molecule has 96 valence electrons. The van der Waals surface area contributed by atoms with Crippen LogP contribution in [0, 0.1) is 0 Å². The standard InChI is InChI=1S/C13H9N7/c1-2-4-11-10(3-1)16-12(13-17-18-19-20(11)13)15-9-5-7-14-8-6-9/h1-8H,(H,14,15,16). The molecule has 4 rings (SSSR count). The smallest absolute Gasteiger partial charge is 0.222 e. The number of aromatic nitrogens is 6. The topological polar surface area (TPSA) is 80.9 Å². The molecule has 0 aliphatic carbocycles. The molecule has 7 nitrogen and oxygen atoms in total. The van der Waals surface area contributed by atoms with E-state index in [0.29, 0.717) is 11.5 Å². The summed E-state index contributed by atoms with van der Waals surface area (Å²) in [6, 6.07) is 11.4. The second-order valence-corrected chi connectivity index (χ2v) is 4.22. The van der Waals surface area contributed by atoms with E-state index in [1.165, 1.54) is 0 Å². The predicted octanol–water partition coefficient (Wildman–Crippen LogP) is 1.81. The number of pyridine rings is 1. The minimum absolute atomic E-state index is 0.584. The molecule has 0 amide bonds. The van der Waals surface area contributed by atoms with Crippen LogP contribution in [-0.2, 0) is 0 Å². The molecule has 3 aromatic heterocycles. The monoisotopic (exact) mass is 263 g/mol. The molecular weight excluding hydrogens is 254 g/mol. The molecule has 0 fully saturated rings. The molecule has 0 saturated carbocycles. The van der Waals surface area contributed by atoms with Crippen LogP contribution in [0.3, 0.4) is 0 Å². The number of hydrogen-bond donors (Lipinski definition) is 1. The molecule has 4 aromatic rings. The van der Waals surface area contributed by atoms with Crippen molar-refractivity contribution < 1.29 is 0 Å². The third-order valence-corrected chi connectivity index (χ3v) is 2.97. The zero-order valence-electron chi connectivity index (χ0n) is 10.3. The normalized spacial score (nSPS) is 11.0. The number of para-hydroxylation sites is 2. The fourth-order valence-electron chi connectivity index (χ4n) is 2.06. The average Bonchev–Trinajstić information content (AvgIpc) is 2.98. The van der Waals surface area contributed by atoms with Crippen LogP contribution in [0.5, 0.6) is 0 Å². The van der Waals surface area contributed by atoms with Gasteiger partial charge in [-0.2, -0.15) is 4.52 Å². The molecule has 7 heteroatoms. The number of hydrogen-bond acceptors (Lipinski definition) is 6. The van der Waals surface area contributed by atoms with Crippen LogP contribution in [0.4, 0.5) is 11.5 Å². The summed E-state index contributed by atoms with van der Waals surface area (Å²) >= 11 is 0. The number of anilines is 2. The van der Waals surface area contributed by atoms with Gasteiger partial charge in [0.2, 0.25) is 5.65 Å². The number of benzene rings is 1. The van der Waals surface area contributed by atoms with Crippen molar-refractivity contribution in [3.8, 4) is 0 Å². The zero-order valence-corrected chi connectivity index (χ0v) is 10.3. The van der Waals surface area contributed by atoms with Crippen LogP contribution in [0.2, 0.25) is 0 Å². The Labute approximate surface area is 113 Å². The van der Waals surface area contributed by atoms with E-state index in [9.17, 15) is 0 Å². The molecule has 0 saturated heterocycles. The number of fused-ring (bicyclic) bond motifs is 3. The Morgan fingerprint density at radius 3 is 2.75 bits per heavy atom. The number of nitrogens with zero attached hydrogens (tertiary/aromatic N) is 6. The second-order valence-electron chi connectivity index (χ2n) is 4.22. The molecule has 0 aliphatic rings. The fraction of sp³-hybridized carbons (Fsp3) is 0. The maximum Gasteiger partial charge on any atom is 0.222 e. The Hall–Kier alpha value is -3.09. The lowest BCUT2D eigenvalue weighted by molar-refractivity contribution is 0.841. The third kappa shape index (κ3) is 1.64. The van der Waals surface area contributed by atoms with Gasteiger partial charge in [-0.05, 0) is 34.7 Å². The Morgan fingerprint density at radius 1 is 1.00 bits per heavy atom. The summed E-state index contributed by atoms with van der Waals surface area (Å²) in [6.45, 7) is 0. The van der Waals surface area contributed by atoms with Gasteiger partial charge in [0.1, 0.15) is 0 Å². The molecule has 0 bridgehead atoms. The number of rotatable bonds is 2. The van der Waals surface area contributed by atoms with Crippen LogP contribution in [0.15, 0.2) is 48.8 Å². The summed E-state index contributed by atoms with van der Waals surface area (Å²) in [5.74, 6) is 0.611. The van der Waals surface area contributed by atoms with Gasteiger partial charge in [-0.3, -0.25) is 4.98 Å². The molecule has 0 spiro atoms. The number of tetrazole rings is 1. The van der Waals surface area contributed by atoms with Gasteiger partial charge in [-0.15, -0.1) is 5.10 Å². The van der Waals surface area contributed by atoms with E-state index in [-0.39, 0.29) is 0 Å². The SMILES string of the molecule is c1ccc2c(c1)nc(Nc1ccncc1)c1nnnn12. The lowest BCUT2D eigenvalue weighted by atomic mass is 10.3. The van der Waals surface area contributed by atoms with Gasteiger partial charge in [0.25, 0.3) is 0 Å². The molecule has 0 radical (unpaired) electrons. The Bertz CT molecular complexity index is 885. The van der Waals surface area contributed by atoms with Crippen molar-refractivity contribution in [1.82, 2.24) is 30.0 Å². The van der Waals surface area contributed by atoms with E-state index in [0.717, 1.165) is 16.7 Å². The van der Waals surface area contributed by atoms with Gasteiger partial charge in [-0.25, -0.2) is 4.98 Å². The third-order valence-electron chi connectivity index (χ3n) is 2.97. The van der Waals surface area contributed by atoms with Gasteiger partial charge in [0.05, 0.1) is 11.0 Å². The van der Waals surface area contributed by atoms with E-state index in [4.69, 9.17) is 0 Å². The molecule has 0 unspecified atom stereocenters. The van der Waals surface area contributed by atoms with E-state index < -0.39 is 0 Å². The van der Waals surface area contributed by atoms with Crippen LogP contribution in [0.25, 0.3) is 16.7 Å². The molecule has 20 heavy (non-hydrogen) atoms. The van der Waals surface area contributed by atoms with Gasteiger partial charge in [-0.1, -0.05) is 12.1 Å². The highest BCUT2D eigenvalue weighted by atomic mass is 15.5. The van der Waals surface area contributed by atoms with Gasteiger partial charge >= 0.3 is 0 Å². The quantitative estimate of drug-likeness (QED) is 0.594. The highest BCUT2D eigenvalue weighted by Crippen LogP contribution is 2.21. The van der Waals surface area contributed by atoms with Crippen LogP contribution < -0.4 is 5.32 Å². The first-order valence-electron chi connectivity index (χ1n) is 6.06. The van der Waals surface area contributed by atoms with Crippen molar-refractivity contribution in [2.45, 2.75) is 0 Å². The Morgan fingerprint density at radius 2 is 1.85 bits per heavy atom. The van der Waals surface area contributed by atoms with Crippen LogP contribution in [0.1, 0.15) is 0 Å². The summed E-state index contributed by atoms with van der Waals surface area (Å²) in [5, 5.41) is 15.0.